The van der Waals surface area contributed by atoms with Gasteiger partial charge >= 0.3 is 5.97 Å². The molecule has 0 saturated carbocycles. The molecule has 0 spiro atoms. The molecule has 0 fully saturated rings. The Labute approximate surface area is 198 Å². The van der Waals surface area contributed by atoms with Crippen molar-refractivity contribution in [2.24, 2.45) is 0 Å². The highest BCUT2D eigenvalue weighted by Crippen LogP contribution is 2.38. The van der Waals surface area contributed by atoms with E-state index in [4.69, 9.17) is 9.47 Å². The molecule has 0 aliphatic heterocycles. The summed E-state index contributed by atoms with van der Waals surface area (Å²) >= 11 is 1.39. The minimum absolute atomic E-state index is 0.0727. The highest BCUT2D eigenvalue weighted by Gasteiger charge is 2.29. The Morgan fingerprint density at radius 2 is 1.79 bits per heavy atom. The predicted molar refractivity (Wildman–Crippen MR) is 128 cm³/mol. The third-order valence-corrected chi connectivity index (χ3v) is 9.07. The molecule has 0 unspecified atom stereocenters. The summed E-state index contributed by atoms with van der Waals surface area (Å²) in [5.41, 5.74) is 1.50. The van der Waals surface area contributed by atoms with Crippen LogP contribution in [-0.4, -0.2) is 51.9 Å². The lowest BCUT2D eigenvalue weighted by molar-refractivity contribution is 0.0601. The quantitative estimate of drug-likeness (QED) is 0.438. The summed E-state index contributed by atoms with van der Waals surface area (Å²) in [6, 6.07) is 4.29. The molecular formula is C23H30N2O6S2. The molecule has 2 aromatic rings. The zero-order valence-electron chi connectivity index (χ0n) is 19.4. The molecule has 10 heteroatoms. The van der Waals surface area contributed by atoms with E-state index in [9.17, 15) is 18.0 Å². The lowest BCUT2D eigenvalue weighted by Gasteiger charge is -2.20. The van der Waals surface area contributed by atoms with Gasteiger partial charge in [-0.15, -0.1) is 11.3 Å². The molecule has 0 bridgehead atoms. The first-order chi connectivity index (χ1) is 15.8. The number of nitrogens with one attached hydrogen (secondary N) is 1. The van der Waals surface area contributed by atoms with E-state index in [2.05, 4.69) is 5.32 Å². The molecule has 1 aromatic carbocycles. The molecule has 1 amide bonds. The second-order valence-corrected chi connectivity index (χ2v) is 10.7. The average Bonchev–Trinajstić information content (AvgIpc) is 2.98. The topological polar surface area (TPSA) is 102 Å². The molecule has 180 valence electrons. The number of benzene rings is 1. The van der Waals surface area contributed by atoms with Crippen LogP contribution < -0.4 is 10.1 Å². The van der Waals surface area contributed by atoms with Gasteiger partial charge in [0.2, 0.25) is 10.0 Å². The maximum atomic E-state index is 13.1. The molecule has 1 N–H and O–H groups in total. The van der Waals surface area contributed by atoms with Crippen molar-refractivity contribution in [3.63, 3.8) is 0 Å². The lowest BCUT2D eigenvalue weighted by Crippen LogP contribution is -2.31. The molecule has 0 radical (unpaired) electrons. The Hall–Kier alpha value is -2.43. The van der Waals surface area contributed by atoms with Crippen molar-refractivity contribution in [2.45, 2.75) is 50.8 Å². The van der Waals surface area contributed by atoms with E-state index in [1.807, 2.05) is 0 Å². The lowest BCUT2D eigenvalue weighted by atomic mass is 10.1. The zero-order valence-corrected chi connectivity index (χ0v) is 21.0. The minimum atomic E-state index is -3.85. The van der Waals surface area contributed by atoms with Crippen LogP contribution in [0, 0.1) is 0 Å². The molecule has 0 atom stereocenters. The second-order valence-electron chi connectivity index (χ2n) is 7.67. The standard InChI is InChI=1S/C23H30N2O6S2/c1-5-25(6-2)33(28,29)19-14-15(12-13-17(19)30-3)21(26)24-22-20(23(27)31-4)16-10-8-7-9-11-18(16)32-22/h12-14H,5-11H2,1-4H3,(H,24,26). The highest BCUT2D eigenvalue weighted by atomic mass is 32.2. The fraction of sp³-hybridized carbons (Fsp3) is 0.478. The van der Waals surface area contributed by atoms with Crippen LogP contribution in [0.5, 0.6) is 5.75 Å². The van der Waals surface area contributed by atoms with Gasteiger partial charge in [-0.2, -0.15) is 4.31 Å². The van der Waals surface area contributed by atoms with Gasteiger partial charge in [0.15, 0.2) is 0 Å². The zero-order chi connectivity index (χ0) is 24.2. The van der Waals surface area contributed by atoms with Gasteiger partial charge in [0.05, 0.1) is 19.8 Å². The number of hydrogen-bond acceptors (Lipinski definition) is 7. The Bertz CT molecular complexity index is 1140. The molecule has 1 aromatic heterocycles. The number of fused-ring (bicyclic) bond motifs is 1. The van der Waals surface area contributed by atoms with E-state index in [1.165, 1.54) is 48.1 Å². The number of aryl methyl sites for hydroxylation is 1. The van der Waals surface area contributed by atoms with Crippen LogP contribution in [0.3, 0.4) is 0 Å². The van der Waals surface area contributed by atoms with Gasteiger partial charge < -0.3 is 14.8 Å². The smallest absolute Gasteiger partial charge is 0.341 e. The van der Waals surface area contributed by atoms with Crippen LogP contribution in [0.2, 0.25) is 0 Å². The third kappa shape index (κ3) is 5.07. The molecule has 0 saturated heterocycles. The molecule has 1 aliphatic rings. The van der Waals surface area contributed by atoms with E-state index in [1.54, 1.807) is 13.8 Å². The number of rotatable bonds is 8. The van der Waals surface area contributed by atoms with Gasteiger partial charge in [-0.25, -0.2) is 13.2 Å². The summed E-state index contributed by atoms with van der Waals surface area (Å²) in [4.78, 5) is 26.7. The maximum Gasteiger partial charge on any atom is 0.341 e. The number of carbonyl (C=O) groups excluding carboxylic acids is 2. The van der Waals surface area contributed by atoms with Crippen molar-refractivity contribution < 1.29 is 27.5 Å². The van der Waals surface area contributed by atoms with Gasteiger partial charge in [0, 0.05) is 23.5 Å². The van der Waals surface area contributed by atoms with Crippen molar-refractivity contribution in [2.75, 3.05) is 32.6 Å². The van der Waals surface area contributed by atoms with Crippen LogP contribution in [0.15, 0.2) is 23.1 Å². The van der Waals surface area contributed by atoms with E-state index in [0.717, 1.165) is 42.5 Å². The SMILES string of the molecule is CCN(CC)S(=O)(=O)c1cc(C(=O)Nc2sc3c(c2C(=O)OC)CCCCC3)ccc1OC. The van der Waals surface area contributed by atoms with Crippen LogP contribution in [-0.2, 0) is 27.6 Å². The van der Waals surface area contributed by atoms with E-state index in [0.29, 0.717) is 23.7 Å². The van der Waals surface area contributed by atoms with Crippen LogP contribution in [0.25, 0.3) is 0 Å². The molecule has 33 heavy (non-hydrogen) atoms. The van der Waals surface area contributed by atoms with E-state index < -0.39 is 21.9 Å². The van der Waals surface area contributed by atoms with Gasteiger partial charge in [-0.1, -0.05) is 20.3 Å². The Morgan fingerprint density at radius 1 is 1.09 bits per heavy atom. The summed E-state index contributed by atoms with van der Waals surface area (Å²) in [6.45, 7) is 4.09. The normalized spacial score (nSPS) is 13.8. The van der Waals surface area contributed by atoms with Crippen molar-refractivity contribution in [1.29, 1.82) is 0 Å². The minimum Gasteiger partial charge on any atom is -0.495 e. The van der Waals surface area contributed by atoms with Crippen molar-refractivity contribution in [3.8, 4) is 5.75 Å². The van der Waals surface area contributed by atoms with Gasteiger partial charge in [-0.3, -0.25) is 4.79 Å². The number of hydrogen-bond donors (Lipinski definition) is 1. The molecule has 1 aliphatic carbocycles. The van der Waals surface area contributed by atoms with Crippen molar-refractivity contribution >= 4 is 38.2 Å². The number of amides is 1. The summed E-state index contributed by atoms with van der Waals surface area (Å²) in [5, 5.41) is 3.26. The van der Waals surface area contributed by atoms with E-state index >= 15 is 0 Å². The van der Waals surface area contributed by atoms with Crippen LogP contribution in [0.4, 0.5) is 5.00 Å². The third-order valence-electron chi connectivity index (χ3n) is 5.79. The fourth-order valence-electron chi connectivity index (χ4n) is 4.05. The molecular weight excluding hydrogens is 464 g/mol. The average molecular weight is 495 g/mol. The van der Waals surface area contributed by atoms with E-state index in [-0.39, 0.29) is 16.2 Å². The van der Waals surface area contributed by atoms with Crippen molar-refractivity contribution in [3.05, 3.63) is 39.8 Å². The van der Waals surface area contributed by atoms with Crippen LogP contribution in [0.1, 0.15) is 64.3 Å². The largest absolute Gasteiger partial charge is 0.495 e. The number of carbonyl (C=O) groups is 2. The Kier molecular flexibility index (Phi) is 8.14. The number of esters is 1. The van der Waals surface area contributed by atoms with Gasteiger partial charge in [-0.05, 0) is 49.4 Å². The second kappa shape index (κ2) is 10.7. The maximum absolute atomic E-state index is 13.1. The summed E-state index contributed by atoms with van der Waals surface area (Å²) in [7, 11) is -1.14. The Morgan fingerprint density at radius 3 is 2.42 bits per heavy atom. The first-order valence-corrected chi connectivity index (χ1v) is 13.3. The molecule has 8 nitrogen and oxygen atoms in total. The van der Waals surface area contributed by atoms with Crippen LogP contribution >= 0.6 is 11.3 Å². The summed E-state index contributed by atoms with van der Waals surface area (Å²) < 4.78 is 37.8. The number of methoxy groups -OCH3 is 2. The number of thiophene rings is 1. The number of anilines is 1. The van der Waals surface area contributed by atoms with Gasteiger partial charge in [0.1, 0.15) is 15.6 Å². The summed E-state index contributed by atoms with van der Waals surface area (Å²) in [5.74, 6) is -0.823. The van der Waals surface area contributed by atoms with Crippen molar-refractivity contribution in [1.82, 2.24) is 4.31 Å². The molecule has 3 rings (SSSR count). The number of ether oxygens (including phenoxy) is 2. The highest BCUT2D eigenvalue weighted by molar-refractivity contribution is 7.89. The monoisotopic (exact) mass is 494 g/mol. The number of nitrogens with zero attached hydrogens (tertiary/aromatic N) is 1. The first-order valence-electron chi connectivity index (χ1n) is 11.0. The number of sulfonamides is 1. The summed E-state index contributed by atoms with van der Waals surface area (Å²) in [6.07, 6.45) is 4.73. The predicted octanol–water partition coefficient (Wildman–Crippen LogP) is 4.10. The molecule has 1 heterocycles. The van der Waals surface area contributed by atoms with Gasteiger partial charge in [0.25, 0.3) is 5.91 Å². The first kappa shape index (κ1) is 25.2. The Balaban J connectivity index is 2.00. The fourth-order valence-corrected chi connectivity index (χ4v) is 6.96.